The van der Waals surface area contributed by atoms with Crippen LogP contribution < -0.4 is 0 Å². The Labute approximate surface area is 496 Å². The van der Waals surface area contributed by atoms with Gasteiger partial charge < -0.3 is 14.2 Å². The Morgan fingerprint density at radius 1 is 0.263 bits per heavy atom. The van der Waals surface area contributed by atoms with Gasteiger partial charge in [-0.3, -0.25) is 14.4 Å². The third kappa shape index (κ3) is 65.1. The fraction of sp³-hybridized carbons (Fsp3) is 0.743. The van der Waals surface area contributed by atoms with E-state index in [1.54, 1.807) is 0 Å². The molecule has 0 aliphatic rings. The van der Waals surface area contributed by atoms with Crippen LogP contribution >= 0.6 is 0 Å². The summed E-state index contributed by atoms with van der Waals surface area (Å²) in [5.74, 6) is -0.870. The Bertz CT molecular complexity index is 1560. The van der Waals surface area contributed by atoms with Gasteiger partial charge in [0.15, 0.2) is 6.10 Å². The second-order valence-electron chi connectivity index (χ2n) is 22.7. The molecule has 0 aromatic rings. The van der Waals surface area contributed by atoms with Crippen molar-refractivity contribution in [2.24, 2.45) is 0 Å². The van der Waals surface area contributed by atoms with Crippen molar-refractivity contribution in [3.63, 3.8) is 0 Å². The molecule has 1 unspecified atom stereocenters. The largest absolute Gasteiger partial charge is 0.462 e. The van der Waals surface area contributed by atoms with E-state index in [1.165, 1.54) is 186 Å². The number of ether oxygens (including phenoxy) is 3. The van der Waals surface area contributed by atoms with Crippen molar-refractivity contribution in [3.8, 4) is 0 Å². The van der Waals surface area contributed by atoms with Crippen LogP contribution in [0.4, 0.5) is 0 Å². The Kier molecular flexibility index (Phi) is 64.7. The number of carbonyl (C=O) groups excluding carboxylic acids is 3. The van der Waals surface area contributed by atoms with Gasteiger partial charge in [0.1, 0.15) is 13.2 Å². The molecule has 0 bridgehead atoms. The van der Waals surface area contributed by atoms with E-state index in [9.17, 15) is 14.4 Å². The third-order valence-electron chi connectivity index (χ3n) is 14.8. The van der Waals surface area contributed by atoms with Crippen LogP contribution in [0.1, 0.15) is 335 Å². The van der Waals surface area contributed by atoms with E-state index in [-0.39, 0.29) is 31.1 Å². The molecule has 6 heteroatoms. The quantitative estimate of drug-likeness (QED) is 0.0261. The van der Waals surface area contributed by atoms with Crippen molar-refractivity contribution < 1.29 is 28.6 Å². The van der Waals surface area contributed by atoms with E-state index in [2.05, 4.69) is 118 Å². The first-order valence-corrected chi connectivity index (χ1v) is 34.2. The van der Waals surface area contributed by atoms with Gasteiger partial charge in [-0.1, -0.05) is 311 Å². The van der Waals surface area contributed by atoms with Crippen LogP contribution in [-0.4, -0.2) is 37.2 Å². The van der Waals surface area contributed by atoms with E-state index in [1.807, 2.05) is 0 Å². The van der Waals surface area contributed by atoms with Crippen LogP contribution in [-0.2, 0) is 28.6 Å². The van der Waals surface area contributed by atoms with Gasteiger partial charge in [0.05, 0.1) is 0 Å². The highest BCUT2D eigenvalue weighted by Gasteiger charge is 2.19. The number of carbonyl (C=O) groups is 3. The molecule has 460 valence electrons. The summed E-state index contributed by atoms with van der Waals surface area (Å²) in [6.07, 6.45) is 91.4. The topological polar surface area (TPSA) is 78.9 Å². The summed E-state index contributed by atoms with van der Waals surface area (Å²) in [5, 5.41) is 0. The molecule has 0 rings (SSSR count). The summed E-state index contributed by atoms with van der Waals surface area (Å²) < 4.78 is 16.9. The minimum Gasteiger partial charge on any atom is -0.462 e. The van der Waals surface area contributed by atoms with Crippen molar-refractivity contribution in [1.82, 2.24) is 0 Å². The number of rotatable bonds is 62. The highest BCUT2D eigenvalue weighted by Crippen LogP contribution is 2.17. The molecule has 0 amide bonds. The first kappa shape index (κ1) is 76.3. The fourth-order valence-corrected chi connectivity index (χ4v) is 9.71. The molecule has 0 saturated carbocycles. The summed E-state index contributed by atoms with van der Waals surface area (Å²) in [7, 11) is 0. The van der Waals surface area contributed by atoms with E-state index >= 15 is 0 Å². The first-order valence-electron chi connectivity index (χ1n) is 34.2. The maximum absolute atomic E-state index is 12.9. The van der Waals surface area contributed by atoms with Crippen molar-refractivity contribution in [2.75, 3.05) is 13.2 Å². The van der Waals surface area contributed by atoms with Crippen molar-refractivity contribution in [2.45, 2.75) is 341 Å². The third-order valence-corrected chi connectivity index (χ3v) is 14.8. The second kappa shape index (κ2) is 67.8. The van der Waals surface area contributed by atoms with Crippen LogP contribution in [0.25, 0.3) is 0 Å². The number of hydrogen-bond acceptors (Lipinski definition) is 6. The molecule has 0 N–H and O–H groups in total. The summed E-state index contributed by atoms with van der Waals surface area (Å²) in [5.41, 5.74) is 0. The predicted octanol–water partition coefficient (Wildman–Crippen LogP) is 23.6. The van der Waals surface area contributed by atoms with Crippen molar-refractivity contribution >= 4 is 17.9 Å². The van der Waals surface area contributed by atoms with E-state index in [4.69, 9.17) is 14.2 Å². The molecule has 6 nitrogen and oxygen atoms in total. The highest BCUT2D eigenvalue weighted by atomic mass is 16.6. The molecule has 0 fully saturated rings. The summed E-state index contributed by atoms with van der Waals surface area (Å²) >= 11 is 0. The molecule has 0 aliphatic heterocycles. The lowest BCUT2D eigenvalue weighted by molar-refractivity contribution is -0.167. The van der Waals surface area contributed by atoms with Gasteiger partial charge in [0.2, 0.25) is 0 Å². The predicted molar refractivity (Wildman–Crippen MR) is 348 cm³/mol. The minimum atomic E-state index is -0.780. The minimum absolute atomic E-state index is 0.0760. The summed E-state index contributed by atoms with van der Waals surface area (Å²) in [6, 6.07) is 0. The summed E-state index contributed by atoms with van der Waals surface area (Å²) in [6.45, 7) is 6.55. The number of unbranched alkanes of at least 4 members (excludes halogenated alkanes) is 35. The SMILES string of the molecule is CC/C=C\C/C=C\C/C=C\C/C=C\C/C=C\C/C=C\C/C=C\CCCCCCCCCCCC(=O)OCC(COC(=O)CCCCCCCCCCCCCC)OC(=O)CCCCCCCCCCC/C=C\CCCCCCCC. The normalized spacial score (nSPS) is 12.7. The zero-order valence-corrected chi connectivity index (χ0v) is 52.8. The van der Waals surface area contributed by atoms with Crippen LogP contribution in [0.5, 0.6) is 0 Å². The monoisotopic (exact) mass is 1110 g/mol. The fourth-order valence-electron chi connectivity index (χ4n) is 9.71. The first-order chi connectivity index (χ1) is 39.5. The lowest BCUT2D eigenvalue weighted by Gasteiger charge is -2.18. The van der Waals surface area contributed by atoms with Gasteiger partial charge >= 0.3 is 17.9 Å². The van der Waals surface area contributed by atoms with Gasteiger partial charge in [-0.15, -0.1) is 0 Å². The molecule has 1 atom stereocenters. The van der Waals surface area contributed by atoms with Gasteiger partial charge in [-0.2, -0.15) is 0 Å². The maximum atomic E-state index is 12.9. The van der Waals surface area contributed by atoms with Gasteiger partial charge in [0.25, 0.3) is 0 Å². The molecule has 80 heavy (non-hydrogen) atoms. The molecular weight excluding hydrogens is 985 g/mol. The zero-order valence-electron chi connectivity index (χ0n) is 52.8. The van der Waals surface area contributed by atoms with Crippen LogP contribution in [0, 0.1) is 0 Å². The highest BCUT2D eigenvalue weighted by molar-refractivity contribution is 5.71. The van der Waals surface area contributed by atoms with E-state index in [0.29, 0.717) is 19.3 Å². The second-order valence-corrected chi connectivity index (χ2v) is 22.7. The Balaban J connectivity index is 4.26. The molecular formula is C74H128O6. The molecule has 0 aromatic heterocycles. The van der Waals surface area contributed by atoms with E-state index in [0.717, 1.165) is 109 Å². The molecule has 0 spiro atoms. The smallest absolute Gasteiger partial charge is 0.306 e. The molecule has 0 aromatic carbocycles. The molecule has 0 saturated heterocycles. The van der Waals surface area contributed by atoms with Crippen molar-refractivity contribution in [3.05, 3.63) is 97.2 Å². The Morgan fingerprint density at radius 3 is 0.775 bits per heavy atom. The van der Waals surface area contributed by atoms with Crippen LogP contribution in [0.2, 0.25) is 0 Å². The zero-order chi connectivity index (χ0) is 57.8. The standard InChI is InChI=1S/C74H128O6/c1-4-7-10-13-16-19-22-25-27-29-31-32-33-34-35-36-37-38-39-40-41-42-44-45-47-49-52-55-58-61-64-67-73(76)79-70-71(69-78-72(75)66-63-60-57-54-51-24-21-18-15-12-9-6-3)80-74(77)68-65-62-59-56-53-50-48-46-43-30-28-26-23-20-17-14-11-8-5-2/h7,10,16,19,25-28,31-32,34-35,37-38,40-41,71H,4-6,8-9,11-15,17-18,20-24,29-30,33,36,39,42-70H2,1-3H3/b10-7-,19-16-,27-25-,28-26-,32-31-,35-34-,38-37-,41-40-. The number of esters is 3. The van der Waals surface area contributed by atoms with Crippen molar-refractivity contribution in [1.29, 1.82) is 0 Å². The average molecular weight is 1110 g/mol. The molecule has 0 heterocycles. The van der Waals surface area contributed by atoms with Gasteiger partial charge in [0, 0.05) is 19.3 Å². The lowest BCUT2D eigenvalue weighted by Crippen LogP contribution is -2.30. The average Bonchev–Trinajstić information content (AvgIpc) is 3.46. The Hall–Kier alpha value is -3.67. The maximum Gasteiger partial charge on any atom is 0.306 e. The lowest BCUT2D eigenvalue weighted by atomic mass is 10.0. The number of hydrogen-bond donors (Lipinski definition) is 0. The van der Waals surface area contributed by atoms with Gasteiger partial charge in [-0.25, -0.2) is 0 Å². The Morgan fingerprint density at radius 2 is 0.487 bits per heavy atom. The van der Waals surface area contributed by atoms with Gasteiger partial charge in [-0.05, 0) is 103 Å². The van der Waals surface area contributed by atoms with E-state index < -0.39 is 6.10 Å². The van der Waals surface area contributed by atoms with Crippen LogP contribution in [0.15, 0.2) is 97.2 Å². The molecule has 0 radical (unpaired) electrons. The molecule has 0 aliphatic carbocycles. The van der Waals surface area contributed by atoms with Crippen LogP contribution in [0.3, 0.4) is 0 Å². The summed E-state index contributed by atoms with van der Waals surface area (Å²) in [4.78, 5) is 38.4. The number of allylic oxidation sites excluding steroid dienone is 16.